The van der Waals surface area contributed by atoms with Crippen molar-refractivity contribution in [3.05, 3.63) is 49.9 Å². The molecule has 0 atom stereocenters. The minimum Gasteiger partial charge on any atom is -0.369 e. The Kier molecular flexibility index (Phi) is 9.60. The maximum absolute atomic E-state index is 13.4. The first-order chi connectivity index (χ1) is 17.8. The van der Waals surface area contributed by atoms with E-state index in [9.17, 15) is 41.0 Å². The number of hydrogen-bond acceptors (Lipinski definition) is 5. The van der Waals surface area contributed by atoms with Gasteiger partial charge in [-0.05, 0) is 13.8 Å². The average molecular weight is 619 g/mol. The second-order valence-electron chi connectivity index (χ2n) is 8.78. The van der Waals surface area contributed by atoms with E-state index >= 15 is 0 Å². The summed E-state index contributed by atoms with van der Waals surface area (Å²) in [4.78, 5) is 34.5. The van der Waals surface area contributed by atoms with Crippen LogP contribution in [-0.4, -0.2) is 64.3 Å². The van der Waals surface area contributed by atoms with E-state index in [0.717, 1.165) is 6.07 Å². The number of halogens is 8. The summed E-state index contributed by atoms with van der Waals surface area (Å²) in [5.41, 5.74) is -8.70. The molecule has 1 heterocycles. The number of amides is 2. The fraction of sp³-hybridized carbons (Fsp3) is 0.478. The van der Waals surface area contributed by atoms with Gasteiger partial charge in [-0.15, -0.1) is 11.3 Å². The molecule has 16 heteroatoms. The maximum atomic E-state index is 13.4. The summed E-state index contributed by atoms with van der Waals surface area (Å²) in [6.07, 6.45) is -12.4. The molecule has 0 saturated carbocycles. The molecule has 0 saturated heterocycles. The predicted molar refractivity (Wildman–Crippen MR) is 134 cm³/mol. The molecular weight excluding hydrogens is 597 g/mol. The molecule has 0 spiro atoms. The second kappa shape index (κ2) is 11.5. The predicted octanol–water partition coefficient (Wildman–Crippen LogP) is 6.34. The number of nitrogens with zero attached hydrogens (tertiary/aromatic N) is 3. The molecule has 1 aromatic carbocycles. The van der Waals surface area contributed by atoms with Crippen LogP contribution in [0.3, 0.4) is 0 Å². The Bertz CT molecular complexity index is 1290. The van der Waals surface area contributed by atoms with Gasteiger partial charge in [0.1, 0.15) is 5.69 Å². The van der Waals surface area contributed by atoms with Crippen molar-refractivity contribution >= 4 is 46.4 Å². The molecular formula is C23H22Cl2F6N4O3S. The van der Waals surface area contributed by atoms with Crippen LogP contribution < -0.4 is 5.32 Å². The molecule has 2 N–H and O–H groups in total. The normalized spacial score (nSPS) is 12.7. The highest BCUT2D eigenvalue weighted by Gasteiger charge is 2.72. The molecule has 7 nitrogen and oxygen atoms in total. The quantitative estimate of drug-likeness (QED) is 0.267. The third kappa shape index (κ3) is 6.26. The van der Waals surface area contributed by atoms with Gasteiger partial charge in [-0.25, -0.2) is 11.6 Å². The number of carbonyl (C=O) groups is 2. The molecule has 214 valence electrons. The largest absolute Gasteiger partial charge is 0.430 e. The highest BCUT2D eigenvalue weighted by atomic mass is 35.5. The van der Waals surface area contributed by atoms with E-state index in [4.69, 9.17) is 29.8 Å². The van der Waals surface area contributed by atoms with E-state index in [1.165, 1.54) is 4.90 Å². The van der Waals surface area contributed by atoms with E-state index < -0.39 is 50.9 Å². The fourth-order valence-electron chi connectivity index (χ4n) is 3.29. The second-order valence-corrected chi connectivity index (χ2v) is 10.5. The summed E-state index contributed by atoms with van der Waals surface area (Å²) in [6.45, 7) is 13.9. The Morgan fingerprint density at radius 3 is 2.08 bits per heavy atom. The first-order valence-corrected chi connectivity index (χ1v) is 12.7. The first kappa shape index (κ1) is 32.6. The third-order valence-electron chi connectivity index (χ3n) is 5.60. The average Bonchev–Trinajstić information content (AvgIpc) is 3.28. The van der Waals surface area contributed by atoms with Crippen LogP contribution in [0.2, 0.25) is 10.0 Å². The van der Waals surface area contributed by atoms with Crippen LogP contribution in [0.5, 0.6) is 0 Å². The van der Waals surface area contributed by atoms with Gasteiger partial charge in [0, 0.05) is 38.1 Å². The number of aliphatic hydroxyl groups is 1. The molecule has 2 rings (SSSR count). The lowest BCUT2D eigenvalue weighted by Crippen LogP contribution is -2.54. The molecule has 0 unspecified atom stereocenters. The number of nitrogens with one attached hydrogen (secondary N) is 1. The van der Waals surface area contributed by atoms with Crippen LogP contribution in [0.1, 0.15) is 53.5 Å². The molecule has 0 aliphatic rings. The van der Waals surface area contributed by atoms with Gasteiger partial charge in [-0.2, -0.15) is 26.3 Å². The van der Waals surface area contributed by atoms with Crippen molar-refractivity contribution < 1.29 is 41.0 Å². The standard InChI is InChI=1S/C23H22Cl2F6N4O3S/c1-6-35(7-2)19(37)15-16(39-18(34-15)17(36)33-10-20(3,4)32-5)11-8-9-12(14(25)13(11)24)21(38,22(26,27)28)23(29,30)31/h8-9,38H,6-7,10H2,1-4H3,(H,33,36). The van der Waals surface area contributed by atoms with Gasteiger partial charge in [0.2, 0.25) is 5.54 Å². The topological polar surface area (TPSA) is 86.9 Å². The van der Waals surface area contributed by atoms with Crippen molar-refractivity contribution in [1.29, 1.82) is 0 Å². The van der Waals surface area contributed by atoms with Gasteiger partial charge >= 0.3 is 12.4 Å². The van der Waals surface area contributed by atoms with Gasteiger partial charge < -0.3 is 20.2 Å². The highest BCUT2D eigenvalue weighted by Crippen LogP contribution is 2.54. The highest BCUT2D eigenvalue weighted by molar-refractivity contribution is 7.17. The molecule has 1 aromatic heterocycles. The number of carbonyl (C=O) groups excluding carboxylic acids is 2. The summed E-state index contributed by atoms with van der Waals surface area (Å²) >= 11 is 12.6. The van der Waals surface area contributed by atoms with E-state index in [-0.39, 0.29) is 40.8 Å². The Morgan fingerprint density at radius 2 is 1.62 bits per heavy atom. The minimum atomic E-state index is -6.21. The van der Waals surface area contributed by atoms with E-state index in [2.05, 4.69) is 15.1 Å². The lowest BCUT2D eigenvalue weighted by atomic mass is 9.91. The van der Waals surface area contributed by atoms with E-state index in [1.807, 2.05) is 0 Å². The van der Waals surface area contributed by atoms with Crippen molar-refractivity contribution in [1.82, 2.24) is 15.2 Å². The number of alkyl halides is 6. The zero-order valence-corrected chi connectivity index (χ0v) is 23.1. The molecule has 2 aromatic rings. The minimum absolute atomic E-state index is 0.0850. The molecule has 2 amide bonds. The van der Waals surface area contributed by atoms with Gasteiger partial charge in [0.15, 0.2) is 5.01 Å². The van der Waals surface area contributed by atoms with Crippen molar-refractivity contribution in [3.63, 3.8) is 0 Å². The maximum Gasteiger partial charge on any atom is 0.430 e. The van der Waals surface area contributed by atoms with E-state index in [1.54, 1.807) is 27.7 Å². The van der Waals surface area contributed by atoms with Crippen molar-refractivity contribution in [3.8, 4) is 10.4 Å². The Morgan fingerprint density at radius 1 is 1.08 bits per heavy atom. The van der Waals surface area contributed by atoms with Gasteiger partial charge in [-0.3, -0.25) is 9.59 Å². The Labute approximate surface area is 233 Å². The van der Waals surface area contributed by atoms with Crippen LogP contribution in [0.4, 0.5) is 26.3 Å². The summed E-state index contributed by atoms with van der Waals surface area (Å²) < 4.78 is 80.6. The summed E-state index contributed by atoms with van der Waals surface area (Å²) in [7, 11) is 0. The van der Waals surface area contributed by atoms with Crippen molar-refractivity contribution in [2.45, 2.75) is 51.2 Å². The van der Waals surface area contributed by atoms with Crippen LogP contribution in [0.25, 0.3) is 15.3 Å². The number of aromatic nitrogens is 1. The summed E-state index contributed by atoms with van der Waals surface area (Å²) in [5.74, 6) is -1.47. The van der Waals surface area contributed by atoms with Gasteiger partial charge in [0.05, 0.1) is 21.5 Å². The SMILES string of the molecule is [C-]#[N+]C(C)(C)CNC(=O)c1nc(C(=O)N(CC)CC)c(-c2ccc(C(O)(C(F)(F)F)C(F)(F)F)c(Cl)c2Cl)s1. The third-order valence-corrected chi connectivity index (χ3v) is 7.57. The lowest BCUT2D eigenvalue weighted by molar-refractivity contribution is -0.376. The summed E-state index contributed by atoms with van der Waals surface area (Å²) in [6, 6.07) is 1.02. The monoisotopic (exact) mass is 618 g/mol. The smallest absolute Gasteiger partial charge is 0.369 e. The molecule has 0 bridgehead atoms. The van der Waals surface area contributed by atoms with Gasteiger partial charge in [0.25, 0.3) is 17.4 Å². The number of rotatable bonds is 8. The molecule has 0 aliphatic heterocycles. The zero-order chi connectivity index (χ0) is 30.1. The van der Waals surface area contributed by atoms with Gasteiger partial charge in [-0.1, -0.05) is 35.3 Å². The first-order valence-electron chi connectivity index (χ1n) is 11.1. The van der Waals surface area contributed by atoms with Crippen LogP contribution >= 0.6 is 34.5 Å². The molecule has 39 heavy (non-hydrogen) atoms. The number of hydrogen-bond donors (Lipinski definition) is 2. The van der Waals surface area contributed by atoms with Crippen LogP contribution in [0, 0.1) is 6.57 Å². The van der Waals surface area contributed by atoms with Crippen LogP contribution in [-0.2, 0) is 5.60 Å². The van der Waals surface area contributed by atoms with E-state index in [0.29, 0.717) is 17.4 Å². The number of benzene rings is 1. The Hall–Kier alpha value is -2.60. The molecule has 0 fully saturated rings. The number of thiazole rings is 1. The van der Waals surface area contributed by atoms with Crippen molar-refractivity contribution in [2.24, 2.45) is 0 Å². The fourth-order valence-corrected chi connectivity index (χ4v) is 4.91. The Balaban J connectivity index is 2.76. The van der Waals surface area contributed by atoms with Crippen LogP contribution in [0.15, 0.2) is 12.1 Å². The zero-order valence-electron chi connectivity index (χ0n) is 20.8. The summed E-state index contributed by atoms with van der Waals surface area (Å²) in [5, 5.41) is 9.91. The molecule has 0 aliphatic carbocycles. The lowest BCUT2D eigenvalue weighted by Gasteiger charge is -2.33. The molecule has 0 radical (unpaired) electrons. The van der Waals surface area contributed by atoms with Crippen molar-refractivity contribution in [2.75, 3.05) is 19.6 Å².